The SMILES string of the molecule is CCC1CCC(C(N)c2c(F)cccc2F)CC1. The van der Waals surface area contributed by atoms with Crippen molar-refractivity contribution in [3.05, 3.63) is 35.4 Å². The zero-order valence-electron chi connectivity index (χ0n) is 10.8. The summed E-state index contributed by atoms with van der Waals surface area (Å²) in [5.74, 6) is -0.0571. The van der Waals surface area contributed by atoms with Crippen molar-refractivity contribution in [1.82, 2.24) is 0 Å². The van der Waals surface area contributed by atoms with Crippen molar-refractivity contribution >= 4 is 0 Å². The Bertz CT molecular complexity index is 377. The molecule has 1 nitrogen and oxygen atoms in total. The van der Waals surface area contributed by atoms with E-state index < -0.39 is 17.7 Å². The van der Waals surface area contributed by atoms with Crippen LogP contribution in [0.5, 0.6) is 0 Å². The number of halogens is 2. The monoisotopic (exact) mass is 253 g/mol. The Morgan fingerprint density at radius 2 is 1.72 bits per heavy atom. The minimum Gasteiger partial charge on any atom is -0.324 e. The van der Waals surface area contributed by atoms with Crippen LogP contribution in [0.3, 0.4) is 0 Å². The molecule has 1 saturated carbocycles. The predicted molar refractivity (Wildman–Crippen MR) is 69.0 cm³/mol. The summed E-state index contributed by atoms with van der Waals surface area (Å²) in [7, 11) is 0. The van der Waals surface area contributed by atoms with Crippen molar-refractivity contribution in [3.8, 4) is 0 Å². The molecule has 1 aliphatic carbocycles. The van der Waals surface area contributed by atoms with Gasteiger partial charge in [-0.25, -0.2) is 8.78 Å². The Morgan fingerprint density at radius 1 is 1.17 bits per heavy atom. The average Bonchev–Trinajstić information content (AvgIpc) is 2.38. The van der Waals surface area contributed by atoms with E-state index in [0.29, 0.717) is 0 Å². The fraction of sp³-hybridized carbons (Fsp3) is 0.600. The van der Waals surface area contributed by atoms with Crippen molar-refractivity contribution in [3.63, 3.8) is 0 Å². The second kappa shape index (κ2) is 5.79. The molecule has 0 saturated heterocycles. The molecule has 2 N–H and O–H groups in total. The van der Waals surface area contributed by atoms with Gasteiger partial charge in [-0.05, 0) is 36.8 Å². The summed E-state index contributed by atoms with van der Waals surface area (Å²) in [4.78, 5) is 0. The number of benzene rings is 1. The van der Waals surface area contributed by atoms with Gasteiger partial charge >= 0.3 is 0 Å². The maximum atomic E-state index is 13.7. The zero-order chi connectivity index (χ0) is 13.1. The molecule has 18 heavy (non-hydrogen) atoms. The van der Waals surface area contributed by atoms with Crippen LogP contribution < -0.4 is 5.73 Å². The third kappa shape index (κ3) is 2.72. The molecule has 0 aliphatic heterocycles. The minimum absolute atomic E-state index is 0.0671. The standard InChI is InChI=1S/C15H21F2N/c1-2-10-6-8-11(9-7-10)15(18)14-12(16)4-3-5-13(14)17/h3-5,10-11,15H,2,6-9,18H2,1H3. The highest BCUT2D eigenvalue weighted by Gasteiger charge is 2.28. The minimum atomic E-state index is -0.514. The van der Waals surface area contributed by atoms with Crippen LogP contribution in [0.25, 0.3) is 0 Å². The van der Waals surface area contributed by atoms with Gasteiger partial charge in [0.25, 0.3) is 0 Å². The Morgan fingerprint density at radius 3 is 2.22 bits per heavy atom. The quantitative estimate of drug-likeness (QED) is 0.859. The molecule has 3 heteroatoms. The van der Waals surface area contributed by atoms with Gasteiger partial charge in [0.15, 0.2) is 0 Å². The van der Waals surface area contributed by atoms with Crippen molar-refractivity contribution in [1.29, 1.82) is 0 Å². The molecular formula is C15H21F2N. The van der Waals surface area contributed by atoms with Gasteiger partial charge in [0.1, 0.15) is 11.6 Å². The van der Waals surface area contributed by atoms with Crippen molar-refractivity contribution in [2.24, 2.45) is 17.6 Å². The first-order valence-corrected chi connectivity index (χ1v) is 6.83. The molecule has 0 heterocycles. The summed E-state index contributed by atoms with van der Waals surface area (Å²) >= 11 is 0. The van der Waals surface area contributed by atoms with E-state index in [2.05, 4.69) is 6.92 Å². The van der Waals surface area contributed by atoms with Crippen LogP contribution in [0.4, 0.5) is 8.78 Å². The number of rotatable bonds is 3. The van der Waals surface area contributed by atoms with E-state index >= 15 is 0 Å². The van der Waals surface area contributed by atoms with Gasteiger partial charge in [0.05, 0.1) is 0 Å². The molecule has 1 unspecified atom stereocenters. The molecule has 0 amide bonds. The topological polar surface area (TPSA) is 26.0 Å². The summed E-state index contributed by atoms with van der Waals surface area (Å²) < 4.78 is 27.4. The number of hydrogen-bond donors (Lipinski definition) is 1. The van der Waals surface area contributed by atoms with E-state index in [0.717, 1.165) is 31.6 Å². The van der Waals surface area contributed by atoms with E-state index in [4.69, 9.17) is 5.73 Å². The smallest absolute Gasteiger partial charge is 0.130 e. The summed E-state index contributed by atoms with van der Waals surface area (Å²) in [6.45, 7) is 2.20. The lowest BCUT2D eigenvalue weighted by Crippen LogP contribution is -2.27. The highest BCUT2D eigenvalue weighted by molar-refractivity contribution is 5.23. The van der Waals surface area contributed by atoms with Gasteiger partial charge < -0.3 is 5.73 Å². The first-order chi connectivity index (χ1) is 8.63. The largest absolute Gasteiger partial charge is 0.324 e. The van der Waals surface area contributed by atoms with Gasteiger partial charge in [0, 0.05) is 11.6 Å². The van der Waals surface area contributed by atoms with Gasteiger partial charge in [-0.15, -0.1) is 0 Å². The van der Waals surface area contributed by atoms with Gasteiger partial charge in [-0.1, -0.05) is 32.3 Å². The number of hydrogen-bond acceptors (Lipinski definition) is 1. The Labute approximate surface area is 107 Å². The molecule has 1 aromatic rings. The van der Waals surface area contributed by atoms with E-state index in [1.807, 2.05) is 0 Å². The maximum absolute atomic E-state index is 13.7. The summed E-state index contributed by atoms with van der Waals surface area (Å²) in [5, 5.41) is 0. The van der Waals surface area contributed by atoms with Crippen molar-refractivity contribution in [2.45, 2.75) is 45.1 Å². The second-order valence-corrected chi connectivity index (χ2v) is 5.35. The van der Waals surface area contributed by atoms with Crippen LogP contribution in [-0.4, -0.2) is 0 Å². The lowest BCUT2D eigenvalue weighted by Gasteiger charge is -2.32. The molecule has 0 spiro atoms. The van der Waals surface area contributed by atoms with E-state index in [1.54, 1.807) is 0 Å². The summed E-state index contributed by atoms with van der Waals surface area (Å²) in [5.41, 5.74) is 6.15. The van der Waals surface area contributed by atoms with Crippen LogP contribution in [0.2, 0.25) is 0 Å². The van der Waals surface area contributed by atoms with Crippen LogP contribution in [-0.2, 0) is 0 Å². The van der Waals surface area contributed by atoms with Crippen molar-refractivity contribution < 1.29 is 8.78 Å². The third-order valence-corrected chi connectivity index (χ3v) is 4.31. The molecule has 1 atom stereocenters. The van der Waals surface area contributed by atoms with Crippen LogP contribution in [0.1, 0.15) is 50.6 Å². The fourth-order valence-electron chi connectivity index (χ4n) is 3.02. The molecular weight excluding hydrogens is 232 g/mol. The number of nitrogens with two attached hydrogens (primary N) is 1. The fourth-order valence-corrected chi connectivity index (χ4v) is 3.02. The molecule has 100 valence electrons. The average molecular weight is 253 g/mol. The highest BCUT2D eigenvalue weighted by Crippen LogP contribution is 2.37. The Hall–Kier alpha value is -0.960. The zero-order valence-corrected chi connectivity index (χ0v) is 10.8. The van der Waals surface area contributed by atoms with E-state index in [1.165, 1.54) is 24.6 Å². The summed E-state index contributed by atoms with van der Waals surface area (Å²) in [6.07, 6.45) is 5.41. The summed E-state index contributed by atoms with van der Waals surface area (Å²) in [6, 6.07) is 3.45. The first-order valence-electron chi connectivity index (χ1n) is 6.83. The molecule has 1 aliphatic rings. The first kappa shape index (κ1) is 13.5. The van der Waals surface area contributed by atoms with Crippen molar-refractivity contribution in [2.75, 3.05) is 0 Å². The van der Waals surface area contributed by atoms with E-state index in [9.17, 15) is 8.78 Å². The van der Waals surface area contributed by atoms with Crippen LogP contribution >= 0.6 is 0 Å². The molecule has 0 aromatic heterocycles. The van der Waals surface area contributed by atoms with Gasteiger partial charge in [-0.3, -0.25) is 0 Å². The lowest BCUT2D eigenvalue weighted by atomic mass is 9.76. The lowest BCUT2D eigenvalue weighted by molar-refractivity contribution is 0.235. The second-order valence-electron chi connectivity index (χ2n) is 5.35. The van der Waals surface area contributed by atoms with E-state index in [-0.39, 0.29) is 11.5 Å². The maximum Gasteiger partial charge on any atom is 0.130 e. The molecule has 0 bridgehead atoms. The normalized spacial score (nSPS) is 26.0. The Kier molecular flexibility index (Phi) is 4.33. The van der Waals surface area contributed by atoms with Crippen LogP contribution in [0, 0.1) is 23.5 Å². The molecule has 2 rings (SSSR count). The Balaban J connectivity index is 2.10. The highest BCUT2D eigenvalue weighted by atomic mass is 19.1. The predicted octanol–water partition coefficient (Wildman–Crippen LogP) is 4.18. The third-order valence-electron chi connectivity index (χ3n) is 4.31. The van der Waals surface area contributed by atoms with Gasteiger partial charge in [-0.2, -0.15) is 0 Å². The molecule has 0 radical (unpaired) electrons. The molecule has 1 fully saturated rings. The van der Waals surface area contributed by atoms with Crippen LogP contribution in [0.15, 0.2) is 18.2 Å². The molecule has 1 aromatic carbocycles. The van der Waals surface area contributed by atoms with Gasteiger partial charge in [0.2, 0.25) is 0 Å².